The highest BCUT2D eigenvalue weighted by molar-refractivity contribution is 4.84. The van der Waals surface area contributed by atoms with Gasteiger partial charge in [0, 0.05) is 24.7 Å². The van der Waals surface area contributed by atoms with E-state index in [1.54, 1.807) is 0 Å². The SMILES string of the molecule is CC1OCCC1N(C)C(C)CCCNC1CC1. The summed E-state index contributed by atoms with van der Waals surface area (Å²) in [7, 11) is 2.26. The molecule has 0 aromatic heterocycles. The van der Waals surface area contributed by atoms with E-state index in [4.69, 9.17) is 4.74 Å². The second kappa shape index (κ2) is 6.17. The van der Waals surface area contributed by atoms with Gasteiger partial charge in [0.25, 0.3) is 0 Å². The summed E-state index contributed by atoms with van der Waals surface area (Å²) in [4.78, 5) is 2.52. The minimum atomic E-state index is 0.409. The van der Waals surface area contributed by atoms with E-state index in [1.165, 1.54) is 38.6 Å². The maximum Gasteiger partial charge on any atom is 0.0703 e. The van der Waals surface area contributed by atoms with Crippen molar-refractivity contribution >= 4 is 0 Å². The van der Waals surface area contributed by atoms with Crippen LogP contribution in [0.15, 0.2) is 0 Å². The van der Waals surface area contributed by atoms with Crippen LogP contribution in [0.25, 0.3) is 0 Å². The molecule has 0 radical (unpaired) electrons. The normalized spacial score (nSPS) is 31.1. The van der Waals surface area contributed by atoms with Crippen LogP contribution in [0.5, 0.6) is 0 Å². The highest BCUT2D eigenvalue weighted by atomic mass is 16.5. The quantitative estimate of drug-likeness (QED) is 0.689. The van der Waals surface area contributed by atoms with Crippen molar-refractivity contribution in [1.29, 1.82) is 0 Å². The third-order valence-electron chi connectivity index (χ3n) is 4.36. The standard InChI is InChI=1S/C14H28N2O/c1-11(5-4-9-15-13-6-7-13)16(3)14-8-10-17-12(14)2/h11-15H,4-10H2,1-3H3. The van der Waals surface area contributed by atoms with Crippen LogP contribution >= 0.6 is 0 Å². The number of nitrogens with one attached hydrogen (secondary N) is 1. The first kappa shape index (κ1) is 13.3. The summed E-state index contributed by atoms with van der Waals surface area (Å²) >= 11 is 0. The van der Waals surface area contributed by atoms with Gasteiger partial charge in [-0.2, -0.15) is 0 Å². The Balaban J connectivity index is 1.61. The van der Waals surface area contributed by atoms with Crippen molar-refractivity contribution in [2.75, 3.05) is 20.2 Å². The molecule has 100 valence electrons. The van der Waals surface area contributed by atoms with Crippen molar-refractivity contribution in [3.63, 3.8) is 0 Å². The first-order valence-corrected chi connectivity index (χ1v) is 7.25. The Hall–Kier alpha value is -0.120. The van der Waals surface area contributed by atoms with E-state index in [0.717, 1.165) is 12.6 Å². The lowest BCUT2D eigenvalue weighted by Gasteiger charge is -2.32. The zero-order chi connectivity index (χ0) is 12.3. The molecule has 1 heterocycles. The third kappa shape index (κ3) is 3.94. The zero-order valence-corrected chi connectivity index (χ0v) is 11.6. The molecule has 1 saturated carbocycles. The lowest BCUT2D eigenvalue weighted by Crippen LogP contribution is -2.42. The maximum atomic E-state index is 5.65. The van der Waals surface area contributed by atoms with Crippen molar-refractivity contribution in [3.05, 3.63) is 0 Å². The molecule has 0 spiro atoms. The number of hydrogen-bond donors (Lipinski definition) is 1. The summed E-state index contributed by atoms with van der Waals surface area (Å²) in [6.45, 7) is 6.68. The summed E-state index contributed by atoms with van der Waals surface area (Å²) in [5.74, 6) is 0. The monoisotopic (exact) mass is 240 g/mol. The summed E-state index contributed by atoms with van der Waals surface area (Å²) in [5, 5.41) is 3.59. The maximum absolute atomic E-state index is 5.65. The number of rotatable bonds is 7. The van der Waals surface area contributed by atoms with Gasteiger partial charge in [0.1, 0.15) is 0 Å². The molecule has 2 aliphatic rings. The van der Waals surface area contributed by atoms with Gasteiger partial charge in [-0.15, -0.1) is 0 Å². The van der Waals surface area contributed by atoms with Gasteiger partial charge in [0.2, 0.25) is 0 Å². The van der Waals surface area contributed by atoms with Gasteiger partial charge in [-0.1, -0.05) is 0 Å². The molecular weight excluding hydrogens is 212 g/mol. The van der Waals surface area contributed by atoms with Crippen LogP contribution in [0.3, 0.4) is 0 Å². The van der Waals surface area contributed by atoms with Crippen LogP contribution in [-0.4, -0.2) is 49.3 Å². The molecule has 0 bridgehead atoms. The van der Waals surface area contributed by atoms with Gasteiger partial charge in [0.05, 0.1) is 6.10 Å². The van der Waals surface area contributed by atoms with E-state index in [0.29, 0.717) is 18.2 Å². The van der Waals surface area contributed by atoms with E-state index < -0.39 is 0 Å². The van der Waals surface area contributed by atoms with Gasteiger partial charge >= 0.3 is 0 Å². The molecule has 2 fully saturated rings. The van der Waals surface area contributed by atoms with Crippen LogP contribution < -0.4 is 5.32 Å². The Kier molecular flexibility index (Phi) is 4.83. The summed E-state index contributed by atoms with van der Waals surface area (Å²) in [6.07, 6.45) is 6.98. The Bertz CT molecular complexity index is 230. The molecule has 1 N–H and O–H groups in total. The van der Waals surface area contributed by atoms with E-state index in [9.17, 15) is 0 Å². The topological polar surface area (TPSA) is 24.5 Å². The Morgan fingerprint density at radius 2 is 2.12 bits per heavy atom. The molecular formula is C14H28N2O. The number of likely N-dealkylation sites (N-methyl/N-ethyl adjacent to an activating group) is 1. The summed E-state index contributed by atoms with van der Waals surface area (Å²) < 4.78 is 5.65. The molecule has 3 atom stereocenters. The Morgan fingerprint density at radius 3 is 2.71 bits per heavy atom. The Labute approximate surface area is 106 Å². The van der Waals surface area contributed by atoms with E-state index in [2.05, 4.69) is 31.1 Å². The molecule has 0 aromatic carbocycles. The molecule has 0 amide bonds. The molecule has 1 aliphatic heterocycles. The van der Waals surface area contributed by atoms with Crippen LogP contribution in [0.4, 0.5) is 0 Å². The second-order valence-corrected chi connectivity index (χ2v) is 5.82. The highest BCUT2D eigenvalue weighted by Gasteiger charge is 2.30. The fraction of sp³-hybridized carbons (Fsp3) is 1.00. The first-order chi connectivity index (χ1) is 8.18. The third-order valence-corrected chi connectivity index (χ3v) is 4.36. The largest absolute Gasteiger partial charge is 0.377 e. The van der Waals surface area contributed by atoms with Crippen LogP contribution in [0, 0.1) is 0 Å². The Morgan fingerprint density at radius 1 is 1.35 bits per heavy atom. The highest BCUT2D eigenvalue weighted by Crippen LogP contribution is 2.22. The van der Waals surface area contributed by atoms with Gasteiger partial charge in [-0.05, 0) is 59.5 Å². The molecule has 2 rings (SSSR count). The second-order valence-electron chi connectivity index (χ2n) is 5.82. The lowest BCUT2D eigenvalue weighted by molar-refractivity contribution is 0.0685. The molecule has 1 saturated heterocycles. The predicted molar refractivity (Wildman–Crippen MR) is 71.3 cm³/mol. The molecule has 3 unspecified atom stereocenters. The average molecular weight is 240 g/mol. The van der Waals surface area contributed by atoms with Crippen LogP contribution in [0.2, 0.25) is 0 Å². The van der Waals surface area contributed by atoms with E-state index >= 15 is 0 Å². The summed E-state index contributed by atoms with van der Waals surface area (Å²) in [5.41, 5.74) is 0. The zero-order valence-electron chi connectivity index (χ0n) is 11.6. The van der Waals surface area contributed by atoms with Crippen molar-refractivity contribution in [1.82, 2.24) is 10.2 Å². The van der Waals surface area contributed by atoms with Crippen LogP contribution in [-0.2, 0) is 4.74 Å². The van der Waals surface area contributed by atoms with E-state index in [-0.39, 0.29) is 0 Å². The molecule has 17 heavy (non-hydrogen) atoms. The number of nitrogens with zero attached hydrogens (tertiary/aromatic N) is 1. The minimum absolute atomic E-state index is 0.409. The number of hydrogen-bond acceptors (Lipinski definition) is 3. The van der Waals surface area contributed by atoms with E-state index in [1.807, 2.05) is 0 Å². The van der Waals surface area contributed by atoms with Crippen molar-refractivity contribution < 1.29 is 4.74 Å². The summed E-state index contributed by atoms with van der Waals surface area (Å²) in [6, 6.07) is 2.15. The fourth-order valence-electron chi connectivity index (χ4n) is 2.78. The molecule has 3 nitrogen and oxygen atoms in total. The average Bonchev–Trinajstić information content (AvgIpc) is 3.04. The number of ether oxygens (including phenoxy) is 1. The minimum Gasteiger partial charge on any atom is -0.377 e. The van der Waals surface area contributed by atoms with Crippen molar-refractivity contribution in [3.8, 4) is 0 Å². The first-order valence-electron chi connectivity index (χ1n) is 7.25. The smallest absolute Gasteiger partial charge is 0.0703 e. The van der Waals surface area contributed by atoms with Gasteiger partial charge in [-0.25, -0.2) is 0 Å². The predicted octanol–water partition coefficient (Wildman–Crippen LogP) is 2.02. The van der Waals surface area contributed by atoms with Crippen molar-refractivity contribution in [2.24, 2.45) is 0 Å². The van der Waals surface area contributed by atoms with Gasteiger partial charge in [0.15, 0.2) is 0 Å². The molecule has 1 aliphatic carbocycles. The fourth-order valence-corrected chi connectivity index (χ4v) is 2.78. The van der Waals surface area contributed by atoms with Crippen LogP contribution in [0.1, 0.15) is 46.0 Å². The van der Waals surface area contributed by atoms with Crippen molar-refractivity contribution in [2.45, 2.75) is 70.2 Å². The lowest BCUT2D eigenvalue weighted by atomic mass is 10.1. The molecule has 0 aromatic rings. The van der Waals surface area contributed by atoms with Gasteiger partial charge < -0.3 is 10.1 Å². The van der Waals surface area contributed by atoms with Gasteiger partial charge in [-0.3, -0.25) is 4.90 Å². The molecule has 3 heteroatoms.